The predicted molar refractivity (Wildman–Crippen MR) is 91.7 cm³/mol. The number of hydrogen-bond acceptors (Lipinski definition) is 5. The van der Waals surface area contributed by atoms with Crippen LogP contribution in [0.1, 0.15) is 19.3 Å². The van der Waals surface area contributed by atoms with Gasteiger partial charge in [0.25, 0.3) is 5.91 Å². The molecule has 0 aliphatic carbocycles. The molecule has 1 aromatic carbocycles. The SMILES string of the molecule is O=C(COc1ccccc1)NC1CS(=O)(=O)CC1N1CCCCC1. The zero-order chi connectivity index (χ0) is 17.0. The molecule has 2 fully saturated rings. The van der Waals surface area contributed by atoms with E-state index in [9.17, 15) is 13.2 Å². The molecule has 132 valence electrons. The number of rotatable bonds is 5. The fraction of sp³-hybridized carbons (Fsp3) is 0.588. The molecule has 0 bridgehead atoms. The van der Waals surface area contributed by atoms with Gasteiger partial charge < -0.3 is 10.1 Å². The first-order valence-corrected chi connectivity index (χ1v) is 10.3. The van der Waals surface area contributed by atoms with Crippen LogP contribution in [0.2, 0.25) is 0 Å². The molecule has 1 amide bonds. The zero-order valence-electron chi connectivity index (χ0n) is 13.7. The second-order valence-electron chi connectivity index (χ2n) is 6.52. The molecule has 0 spiro atoms. The van der Waals surface area contributed by atoms with Crippen LogP contribution in [0.5, 0.6) is 5.75 Å². The molecular formula is C17H24N2O4S. The molecular weight excluding hydrogens is 328 g/mol. The average molecular weight is 352 g/mol. The minimum atomic E-state index is -3.10. The smallest absolute Gasteiger partial charge is 0.258 e. The number of hydrogen-bond donors (Lipinski definition) is 1. The number of likely N-dealkylation sites (tertiary alicyclic amines) is 1. The van der Waals surface area contributed by atoms with Gasteiger partial charge in [-0.05, 0) is 38.1 Å². The molecule has 1 N–H and O–H groups in total. The molecule has 1 aromatic rings. The Labute approximate surface area is 143 Å². The summed E-state index contributed by atoms with van der Waals surface area (Å²) in [6.07, 6.45) is 3.38. The maximum Gasteiger partial charge on any atom is 0.258 e. The van der Waals surface area contributed by atoms with Crippen molar-refractivity contribution in [3.63, 3.8) is 0 Å². The Kier molecular flexibility index (Phi) is 5.40. The standard InChI is InChI=1S/C17H24N2O4S/c20-17(11-23-14-7-3-1-4-8-14)18-15-12-24(21,22)13-16(15)19-9-5-2-6-10-19/h1,3-4,7-8,15-16H,2,5-6,9-13H2,(H,18,20). The van der Waals surface area contributed by atoms with Crippen LogP contribution in [0.4, 0.5) is 0 Å². The van der Waals surface area contributed by atoms with Gasteiger partial charge in [0.1, 0.15) is 5.75 Å². The Morgan fingerprint density at radius 3 is 2.54 bits per heavy atom. The molecule has 0 saturated carbocycles. The summed E-state index contributed by atoms with van der Waals surface area (Å²) in [5, 5.41) is 2.87. The van der Waals surface area contributed by atoms with E-state index in [2.05, 4.69) is 10.2 Å². The van der Waals surface area contributed by atoms with E-state index in [4.69, 9.17) is 4.74 Å². The van der Waals surface area contributed by atoms with Crippen LogP contribution in [0.15, 0.2) is 30.3 Å². The summed E-state index contributed by atoms with van der Waals surface area (Å²) in [6.45, 7) is 1.72. The molecule has 2 saturated heterocycles. The minimum Gasteiger partial charge on any atom is -0.484 e. The molecule has 2 atom stereocenters. The molecule has 3 rings (SSSR count). The number of nitrogens with one attached hydrogen (secondary N) is 1. The number of benzene rings is 1. The lowest BCUT2D eigenvalue weighted by Gasteiger charge is -2.34. The van der Waals surface area contributed by atoms with E-state index in [0.29, 0.717) is 5.75 Å². The van der Waals surface area contributed by atoms with Crippen molar-refractivity contribution >= 4 is 15.7 Å². The minimum absolute atomic E-state index is 0.0191. The summed E-state index contributed by atoms with van der Waals surface area (Å²) >= 11 is 0. The average Bonchev–Trinajstić information content (AvgIpc) is 2.89. The molecule has 0 aromatic heterocycles. The van der Waals surface area contributed by atoms with Crippen molar-refractivity contribution in [2.24, 2.45) is 0 Å². The van der Waals surface area contributed by atoms with Gasteiger partial charge in [0.05, 0.1) is 17.5 Å². The zero-order valence-corrected chi connectivity index (χ0v) is 14.5. The number of para-hydroxylation sites is 1. The third kappa shape index (κ3) is 4.48. The van der Waals surface area contributed by atoms with Crippen LogP contribution in [0.3, 0.4) is 0 Å². The van der Waals surface area contributed by atoms with E-state index in [-0.39, 0.29) is 36.1 Å². The molecule has 2 aliphatic rings. The van der Waals surface area contributed by atoms with Crippen LogP contribution >= 0.6 is 0 Å². The molecule has 24 heavy (non-hydrogen) atoms. The van der Waals surface area contributed by atoms with Gasteiger partial charge in [-0.3, -0.25) is 9.69 Å². The summed E-state index contributed by atoms with van der Waals surface area (Å²) in [5.41, 5.74) is 0. The van der Waals surface area contributed by atoms with Crippen molar-refractivity contribution in [3.8, 4) is 5.75 Å². The monoisotopic (exact) mass is 352 g/mol. The van der Waals surface area contributed by atoms with Crippen molar-refractivity contribution in [2.45, 2.75) is 31.3 Å². The number of nitrogens with zero attached hydrogens (tertiary/aromatic N) is 1. The number of ether oxygens (including phenoxy) is 1. The van der Waals surface area contributed by atoms with Gasteiger partial charge >= 0.3 is 0 Å². The summed E-state index contributed by atoms with van der Waals surface area (Å²) < 4.78 is 29.5. The highest BCUT2D eigenvalue weighted by molar-refractivity contribution is 7.91. The number of piperidine rings is 1. The highest BCUT2D eigenvalue weighted by Gasteiger charge is 2.41. The molecule has 6 nitrogen and oxygen atoms in total. The first kappa shape index (κ1) is 17.2. The largest absolute Gasteiger partial charge is 0.484 e. The van der Waals surface area contributed by atoms with Gasteiger partial charge in [0.2, 0.25) is 0 Å². The second-order valence-corrected chi connectivity index (χ2v) is 8.67. The Bertz CT molecular complexity index is 656. The Morgan fingerprint density at radius 2 is 1.83 bits per heavy atom. The maximum absolute atomic E-state index is 12.2. The van der Waals surface area contributed by atoms with Crippen LogP contribution < -0.4 is 10.1 Å². The first-order chi connectivity index (χ1) is 11.5. The van der Waals surface area contributed by atoms with Gasteiger partial charge in [-0.1, -0.05) is 24.6 Å². The molecule has 2 unspecified atom stereocenters. The van der Waals surface area contributed by atoms with Crippen molar-refractivity contribution in [2.75, 3.05) is 31.2 Å². The number of carbonyl (C=O) groups is 1. The van der Waals surface area contributed by atoms with Crippen molar-refractivity contribution in [1.29, 1.82) is 0 Å². The quantitative estimate of drug-likeness (QED) is 0.850. The highest BCUT2D eigenvalue weighted by atomic mass is 32.2. The van der Waals surface area contributed by atoms with E-state index in [1.54, 1.807) is 12.1 Å². The topological polar surface area (TPSA) is 75.7 Å². The maximum atomic E-state index is 12.2. The third-order valence-electron chi connectivity index (χ3n) is 4.64. The number of sulfone groups is 1. The van der Waals surface area contributed by atoms with Gasteiger partial charge in [0, 0.05) is 6.04 Å². The third-order valence-corrected chi connectivity index (χ3v) is 6.36. The molecule has 7 heteroatoms. The fourth-order valence-electron chi connectivity index (χ4n) is 3.49. The summed E-state index contributed by atoms with van der Waals surface area (Å²) in [4.78, 5) is 14.4. The van der Waals surface area contributed by atoms with Crippen LogP contribution in [0, 0.1) is 0 Å². The van der Waals surface area contributed by atoms with Crippen LogP contribution in [-0.2, 0) is 14.6 Å². The van der Waals surface area contributed by atoms with Crippen LogP contribution in [0.25, 0.3) is 0 Å². The van der Waals surface area contributed by atoms with E-state index in [1.807, 2.05) is 18.2 Å². The number of amides is 1. The lowest BCUT2D eigenvalue weighted by atomic mass is 10.0. The van der Waals surface area contributed by atoms with Crippen molar-refractivity contribution in [3.05, 3.63) is 30.3 Å². The summed E-state index contributed by atoms with van der Waals surface area (Å²) in [5.74, 6) is 0.505. The van der Waals surface area contributed by atoms with E-state index in [0.717, 1.165) is 25.9 Å². The highest BCUT2D eigenvalue weighted by Crippen LogP contribution is 2.22. The fourth-order valence-corrected chi connectivity index (χ4v) is 5.44. The van der Waals surface area contributed by atoms with Crippen molar-refractivity contribution in [1.82, 2.24) is 10.2 Å². The molecule has 2 heterocycles. The van der Waals surface area contributed by atoms with Gasteiger partial charge in [-0.15, -0.1) is 0 Å². The molecule has 2 aliphatic heterocycles. The lowest BCUT2D eigenvalue weighted by molar-refractivity contribution is -0.124. The van der Waals surface area contributed by atoms with E-state index < -0.39 is 9.84 Å². The van der Waals surface area contributed by atoms with E-state index >= 15 is 0 Å². The first-order valence-electron chi connectivity index (χ1n) is 8.45. The normalized spacial score (nSPS) is 26.8. The lowest BCUT2D eigenvalue weighted by Crippen LogP contribution is -2.53. The summed E-state index contributed by atoms with van der Waals surface area (Å²) in [6, 6.07) is 8.65. The van der Waals surface area contributed by atoms with Gasteiger partial charge in [-0.2, -0.15) is 0 Å². The van der Waals surface area contributed by atoms with Crippen molar-refractivity contribution < 1.29 is 17.9 Å². The predicted octanol–water partition coefficient (Wildman–Crippen LogP) is 0.833. The van der Waals surface area contributed by atoms with E-state index in [1.165, 1.54) is 6.42 Å². The Morgan fingerprint density at radius 1 is 1.12 bits per heavy atom. The Hall–Kier alpha value is -1.60. The van der Waals surface area contributed by atoms with Gasteiger partial charge in [0.15, 0.2) is 16.4 Å². The molecule has 0 radical (unpaired) electrons. The second kappa shape index (κ2) is 7.53. The number of carbonyl (C=O) groups excluding carboxylic acids is 1. The summed E-state index contributed by atoms with van der Waals surface area (Å²) in [7, 11) is -3.10. The van der Waals surface area contributed by atoms with Gasteiger partial charge in [-0.25, -0.2) is 8.42 Å². The van der Waals surface area contributed by atoms with Crippen LogP contribution in [-0.4, -0.2) is 62.5 Å². The Balaban J connectivity index is 1.57.